The molecule has 1 amide bonds. The predicted octanol–water partition coefficient (Wildman–Crippen LogP) is 2.75. The standard InChI is InChI=1S/C18H30N4O2/c1-7-19-18(21-13(4)12(2)3)20-11-15-8-9-17(24-6)16(10-15)22-14(5)23/h8-10,12-13H,7,11H2,1-6H3,(H,22,23)(H2,19,20,21). The van der Waals surface area contributed by atoms with Gasteiger partial charge in [0.1, 0.15) is 5.75 Å². The fourth-order valence-electron chi connectivity index (χ4n) is 2.01. The first-order valence-electron chi connectivity index (χ1n) is 8.36. The molecule has 6 heteroatoms. The molecule has 0 saturated heterocycles. The zero-order valence-electron chi connectivity index (χ0n) is 15.6. The zero-order chi connectivity index (χ0) is 18.1. The van der Waals surface area contributed by atoms with Gasteiger partial charge in [-0.3, -0.25) is 4.79 Å². The summed E-state index contributed by atoms with van der Waals surface area (Å²) < 4.78 is 5.27. The number of benzene rings is 1. The van der Waals surface area contributed by atoms with Crippen LogP contribution in [0.1, 0.15) is 40.2 Å². The molecule has 1 aromatic rings. The molecule has 134 valence electrons. The van der Waals surface area contributed by atoms with Crippen LogP contribution in [-0.4, -0.2) is 31.6 Å². The summed E-state index contributed by atoms with van der Waals surface area (Å²) in [6, 6.07) is 6.00. The van der Waals surface area contributed by atoms with Crippen molar-refractivity contribution in [1.29, 1.82) is 0 Å². The SMILES string of the molecule is CCNC(=NCc1ccc(OC)c(NC(C)=O)c1)NC(C)C(C)C. The second-order valence-corrected chi connectivity index (χ2v) is 6.09. The summed E-state index contributed by atoms with van der Waals surface area (Å²) in [5, 5.41) is 9.43. The van der Waals surface area contributed by atoms with Gasteiger partial charge >= 0.3 is 0 Å². The molecule has 1 atom stereocenters. The summed E-state index contributed by atoms with van der Waals surface area (Å²) >= 11 is 0. The predicted molar refractivity (Wildman–Crippen MR) is 99.5 cm³/mol. The Bertz CT molecular complexity index is 570. The van der Waals surface area contributed by atoms with Gasteiger partial charge in [-0.25, -0.2) is 4.99 Å². The molecule has 0 spiro atoms. The van der Waals surface area contributed by atoms with Crippen LogP contribution < -0.4 is 20.7 Å². The normalized spacial score (nSPS) is 12.7. The molecule has 24 heavy (non-hydrogen) atoms. The molecule has 0 aliphatic carbocycles. The molecular formula is C18H30N4O2. The molecule has 6 nitrogen and oxygen atoms in total. The van der Waals surface area contributed by atoms with Crippen molar-refractivity contribution in [2.75, 3.05) is 19.0 Å². The van der Waals surface area contributed by atoms with Crippen LogP contribution in [0, 0.1) is 5.92 Å². The monoisotopic (exact) mass is 334 g/mol. The zero-order valence-corrected chi connectivity index (χ0v) is 15.6. The molecule has 0 aliphatic heterocycles. The quantitative estimate of drug-likeness (QED) is 0.529. The van der Waals surface area contributed by atoms with Gasteiger partial charge in [-0.15, -0.1) is 0 Å². The van der Waals surface area contributed by atoms with Crippen molar-refractivity contribution in [3.8, 4) is 5.75 Å². The van der Waals surface area contributed by atoms with Crippen molar-refractivity contribution in [1.82, 2.24) is 10.6 Å². The number of rotatable bonds is 7. The van der Waals surface area contributed by atoms with Crippen molar-refractivity contribution in [3.63, 3.8) is 0 Å². The Hall–Kier alpha value is -2.24. The van der Waals surface area contributed by atoms with Crippen LogP contribution in [0.15, 0.2) is 23.2 Å². The second kappa shape index (κ2) is 9.80. The van der Waals surface area contributed by atoms with Crippen LogP contribution in [0.3, 0.4) is 0 Å². The average molecular weight is 334 g/mol. The van der Waals surface area contributed by atoms with E-state index in [4.69, 9.17) is 4.74 Å². The Morgan fingerprint density at radius 3 is 2.54 bits per heavy atom. The van der Waals surface area contributed by atoms with Crippen LogP contribution in [0.2, 0.25) is 0 Å². The minimum absolute atomic E-state index is 0.130. The smallest absolute Gasteiger partial charge is 0.221 e. The highest BCUT2D eigenvalue weighted by molar-refractivity contribution is 5.90. The first kappa shape index (κ1) is 19.8. The number of hydrogen-bond donors (Lipinski definition) is 3. The Morgan fingerprint density at radius 1 is 1.29 bits per heavy atom. The number of anilines is 1. The summed E-state index contributed by atoms with van der Waals surface area (Å²) in [7, 11) is 1.58. The van der Waals surface area contributed by atoms with E-state index in [2.05, 4.69) is 41.7 Å². The summed E-state index contributed by atoms with van der Waals surface area (Å²) in [5.74, 6) is 1.81. The molecule has 0 saturated carbocycles. The molecule has 0 bridgehead atoms. The lowest BCUT2D eigenvalue weighted by Gasteiger charge is -2.20. The van der Waals surface area contributed by atoms with E-state index in [1.807, 2.05) is 25.1 Å². The number of hydrogen-bond acceptors (Lipinski definition) is 3. The molecule has 0 radical (unpaired) electrons. The average Bonchev–Trinajstić information content (AvgIpc) is 2.52. The first-order valence-corrected chi connectivity index (χ1v) is 8.36. The number of carbonyl (C=O) groups is 1. The van der Waals surface area contributed by atoms with Crippen molar-refractivity contribution < 1.29 is 9.53 Å². The van der Waals surface area contributed by atoms with Crippen LogP contribution >= 0.6 is 0 Å². The number of aliphatic imine (C=N–C) groups is 1. The van der Waals surface area contributed by atoms with E-state index in [0.29, 0.717) is 29.9 Å². The number of guanidine groups is 1. The highest BCUT2D eigenvalue weighted by Crippen LogP contribution is 2.25. The van der Waals surface area contributed by atoms with E-state index in [9.17, 15) is 4.79 Å². The maximum absolute atomic E-state index is 11.3. The Balaban J connectivity index is 2.90. The minimum Gasteiger partial charge on any atom is -0.495 e. The summed E-state index contributed by atoms with van der Waals surface area (Å²) in [6.45, 7) is 11.3. The largest absolute Gasteiger partial charge is 0.495 e. The van der Waals surface area contributed by atoms with Crippen molar-refractivity contribution in [3.05, 3.63) is 23.8 Å². The van der Waals surface area contributed by atoms with Crippen molar-refractivity contribution in [2.45, 2.75) is 47.2 Å². The topological polar surface area (TPSA) is 74.8 Å². The van der Waals surface area contributed by atoms with E-state index < -0.39 is 0 Å². The lowest BCUT2D eigenvalue weighted by molar-refractivity contribution is -0.114. The molecule has 0 aliphatic rings. The second-order valence-electron chi connectivity index (χ2n) is 6.09. The molecular weight excluding hydrogens is 304 g/mol. The minimum atomic E-state index is -0.130. The van der Waals surface area contributed by atoms with E-state index >= 15 is 0 Å². The lowest BCUT2D eigenvalue weighted by Crippen LogP contribution is -2.44. The Labute approximate surface area is 145 Å². The van der Waals surface area contributed by atoms with Crippen LogP contribution in [-0.2, 0) is 11.3 Å². The third kappa shape index (κ3) is 6.48. The number of ether oxygens (including phenoxy) is 1. The van der Waals surface area contributed by atoms with Gasteiger partial charge < -0.3 is 20.7 Å². The maximum atomic E-state index is 11.3. The van der Waals surface area contributed by atoms with Crippen LogP contribution in [0.25, 0.3) is 0 Å². The van der Waals surface area contributed by atoms with E-state index in [1.54, 1.807) is 7.11 Å². The van der Waals surface area contributed by atoms with Crippen LogP contribution in [0.4, 0.5) is 5.69 Å². The fraction of sp³-hybridized carbons (Fsp3) is 0.556. The molecule has 1 aromatic carbocycles. The van der Waals surface area contributed by atoms with Gasteiger partial charge in [0.2, 0.25) is 5.91 Å². The number of nitrogens with zero attached hydrogens (tertiary/aromatic N) is 1. The number of carbonyl (C=O) groups excluding carboxylic acids is 1. The van der Waals surface area contributed by atoms with Crippen molar-refractivity contribution in [2.24, 2.45) is 10.9 Å². The fourth-order valence-corrected chi connectivity index (χ4v) is 2.01. The summed E-state index contributed by atoms with van der Waals surface area (Å²) in [6.07, 6.45) is 0. The van der Waals surface area contributed by atoms with E-state index in [0.717, 1.165) is 18.1 Å². The Kier molecular flexibility index (Phi) is 8.09. The van der Waals surface area contributed by atoms with Crippen molar-refractivity contribution >= 4 is 17.6 Å². The molecule has 1 unspecified atom stereocenters. The van der Waals surface area contributed by atoms with Crippen LogP contribution in [0.5, 0.6) is 5.75 Å². The highest BCUT2D eigenvalue weighted by Gasteiger charge is 2.09. The summed E-state index contributed by atoms with van der Waals surface area (Å²) in [5.41, 5.74) is 1.65. The van der Waals surface area contributed by atoms with Gasteiger partial charge in [-0.1, -0.05) is 19.9 Å². The van der Waals surface area contributed by atoms with Gasteiger partial charge in [-0.2, -0.15) is 0 Å². The van der Waals surface area contributed by atoms with Gasteiger partial charge in [0.05, 0.1) is 19.3 Å². The Morgan fingerprint density at radius 2 is 2.00 bits per heavy atom. The van der Waals surface area contributed by atoms with Gasteiger partial charge in [0.15, 0.2) is 5.96 Å². The van der Waals surface area contributed by atoms with E-state index in [-0.39, 0.29) is 5.91 Å². The van der Waals surface area contributed by atoms with E-state index in [1.165, 1.54) is 6.92 Å². The number of amides is 1. The van der Waals surface area contributed by atoms with Gasteiger partial charge in [-0.05, 0) is 37.5 Å². The first-order chi connectivity index (χ1) is 11.4. The van der Waals surface area contributed by atoms with Gasteiger partial charge in [0, 0.05) is 19.5 Å². The molecule has 0 heterocycles. The molecule has 0 aromatic heterocycles. The van der Waals surface area contributed by atoms with Gasteiger partial charge in [0.25, 0.3) is 0 Å². The third-order valence-corrected chi connectivity index (χ3v) is 3.70. The molecule has 1 rings (SSSR count). The number of methoxy groups -OCH3 is 1. The number of nitrogens with one attached hydrogen (secondary N) is 3. The molecule has 0 fully saturated rings. The molecule has 3 N–H and O–H groups in total. The maximum Gasteiger partial charge on any atom is 0.221 e. The lowest BCUT2D eigenvalue weighted by atomic mass is 10.1. The third-order valence-electron chi connectivity index (χ3n) is 3.70. The summed E-state index contributed by atoms with van der Waals surface area (Å²) in [4.78, 5) is 15.9. The highest BCUT2D eigenvalue weighted by atomic mass is 16.5.